The Balaban J connectivity index is 1.55. The highest BCUT2D eigenvalue weighted by Crippen LogP contribution is 2.33. The van der Waals surface area contributed by atoms with Crippen LogP contribution in [0.3, 0.4) is 0 Å². The van der Waals surface area contributed by atoms with E-state index < -0.39 is 4.92 Å². The summed E-state index contributed by atoms with van der Waals surface area (Å²) in [5.41, 5.74) is 2.02. The van der Waals surface area contributed by atoms with Gasteiger partial charge >= 0.3 is 0 Å². The lowest BCUT2D eigenvalue weighted by molar-refractivity contribution is -0.384. The van der Waals surface area contributed by atoms with E-state index in [9.17, 15) is 10.1 Å². The summed E-state index contributed by atoms with van der Waals surface area (Å²) >= 11 is 0. The van der Waals surface area contributed by atoms with Crippen molar-refractivity contribution in [2.24, 2.45) is 0 Å². The summed E-state index contributed by atoms with van der Waals surface area (Å²) in [4.78, 5) is 10.3. The molecule has 0 fully saturated rings. The van der Waals surface area contributed by atoms with Crippen molar-refractivity contribution < 1.29 is 18.6 Å². The maximum Gasteiger partial charge on any atom is 0.273 e. The van der Waals surface area contributed by atoms with Gasteiger partial charge in [-0.2, -0.15) is 0 Å². The van der Waals surface area contributed by atoms with Crippen LogP contribution in [-0.2, 0) is 6.61 Å². The van der Waals surface area contributed by atoms with Gasteiger partial charge in [-0.25, -0.2) is 0 Å². The molecule has 2 aromatic heterocycles. The third-order valence-electron chi connectivity index (χ3n) is 3.98. The molecule has 0 atom stereocenters. The molecular formula is C19H14N4O5. The number of aryl methyl sites for hydroxylation is 1. The Bertz CT molecular complexity index is 1120. The lowest BCUT2D eigenvalue weighted by atomic mass is 10.1. The van der Waals surface area contributed by atoms with E-state index in [0.717, 1.165) is 5.56 Å². The number of benzene rings is 2. The summed E-state index contributed by atoms with van der Waals surface area (Å²) in [6.07, 6.45) is 0. The first-order chi connectivity index (χ1) is 13.6. The van der Waals surface area contributed by atoms with E-state index >= 15 is 0 Å². The van der Waals surface area contributed by atoms with Crippen LogP contribution < -0.4 is 4.74 Å². The van der Waals surface area contributed by atoms with E-state index in [0.29, 0.717) is 22.8 Å². The maximum atomic E-state index is 10.8. The van der Waals surface area contributed by atoms with Crippen LogP contribution >= 0.6 is 0 Å². The maximum absolute atomic E-state index is 10.8. The van der Waals surface area contributed by atoms with Crippen LogP contribution in [0, 0.1) is 17.0 Å². The smallest absolute Gasteiger partial charge is 0.273 e. The van der Waals surface area contributed by atoms with E-state index in [1.165, 1.54) is 12.1 Å². The van der Waals surface area contributed by atoms with Crippen molar-refractivity contribution in [3.05, 3.63) is 76.4 Å². The highest BCUT2D eigenvalue weighted by Gasteiger charge is 2.22. The minimum Gasteiger partial charge on any atom is -0.484 e. The van der Waals surface area contributed by atoms with Crippen molar-refractivity contribution in [2.75, 3.05) is 0 Å². The molecular weight excluding hydrogens is 364 g/mol. The van der Waals surface area contributed by atoms with Gasteiger partial charge < -0.3 is 13.7 Å². The molecule has 0 saturated heterocycles. The number of ether oxygens (including phenoxy) is 1. The first-order valence-corrected chi connectivity index (χ1v) is 8.33. The molecule has 2 aromatic carbocycles. The Hall–Kier alpha value is -4.01. The number of nitrogens with zero attached hydrogens (tertiary/aromatic N) is 4. The molecule has 28 heavy (non-hydrogen) atoms. The van der Waals surface area contributed by atoms with Crippen LogP contribution in [0.25, 0.3) is 22.7 Å². The normalized spacial score (nSPS) is 10.8. The number of nitro benzene ring substituents is 1. The minimum absolute atomic E-state index is 0.0286. The molecule has 4 rings (SSSR count). The molecule has 4 aromatic rings. The monoisotopic (exact) mass is 378 g/mol. The molecule has 0 aliphatic rings. The number of non-ortho nitro benzene ring substituents is 1. The molecule has 0 radical (unpaired) electrons. The van der Waals surface area contributed by atoms with E-state index in [-0.39, 0.29) is 24.1 Å². The Morgan fingerprint density at radius 2 is 1.93 bits per heavy atom. The molecule has 0 N–H and O–H groups in total. The predicted molar refractivity (Wildman–Crippen MR) is 97.4 cm³/mol. The largest absolute Gasteiger partial charge is 0.484 e. The molecule has 0 unspecified atom stereocenters. The summed E-state index contributed by atoms with van der Waals surface area (Å²) in [6, 6.07) is 15.4. The fourth-order valence-corrected chi connectivity index (χ4v) is 2.66. The second-order valence-corrected chi connectivity index (χ2v) is 5.87. The predicted octanol–water partition coefficient (Wildman–Crippen LogP) is 4.19. The molecule has 0 saturated carbocycles. The van der Waals surface area contributed by atoms with Gasteiger partial charge in [0.15, 0.2) is 6.61 Å². The molecule has 0 spiro atoms. The highest BCUT2D eigenvalue weighted by atomic mass is 16.6. The van der Waals surface area contributed by atoms with Crippen LogP contribution in [0.5, 0.6) is 5.75 Å². The fourth-order valence-electron chi connectivity index (χ4n) is 2.66. The SMILES string of the molecule is Cc1onc(-c2ccccc2)c1-c1nnc(COc2cccc([N+](=O)[O-])c2)o1. The second-order valence-electron chi connectivity index (χ2n) is 5.87. The van der Waals surface area contributed by atoms with Crippen LogP contribution in [0.2, 0.25) is 0 Å². The van der Waals surface area contributed by atoms with Crippen LogP contribution in [0.4, 0.5) is 5.69 Å². The van der Waals surface area contributed by atoms with Crippen molar-refractivity contribution in [3.63, 3.8) is 0 Å². The summed E-state index contributed by atoms with van der Waals surface area (Å²) in [7, 11) is 0. The standard InChI is InChI=1S/C19H14N4O5/c1-12-17(18(22-28-12)13-6-3-2-4-7-13)19-21-20-16(27-19)11-26-15-9-5-8-14(10-15)23(24)25/h2-10H,11H2,1H3. The molecule has 0 aliphatic heterocycles. The van der Waals surface area contributed by atoms with Gasteiger partial charge in [0.25, 0.3) is 17.5 Å². The lowest BCUT2D eigenvalue weighted by Crippen LogP contribution is -1.96. The number of nitro groups is 1. The van der Waals surface area contributed by atoms with Gasteiger partial charge in [-0.15, -0.1) is 10.2 Å². The number of hydrogen-bond donors (Lipinski definition) is 0. The second kappa shape index (κ2) is 7.31. The Labute approximate surface area is 158 Å². The molecule has 140 valence electrons. The van der Waals surface area contributed by atoms with E-state index in [1.807, 2.05) is 30.3 Å². The zero-order valence-electron chi connectivity index (χ0n) is 14.7. The van der Waals surface area contributed by atoms with Crippen molar-refractivity contribution in [2.45, 2.75) is 13.5 Å². The fraction of sp³-hybridized carbons (Fsp3) is 0.105. The van der Waals surface area contributed by atoms with Crippen molar-refractivity contribution in [1.82, 2.24) is 15.4 Å². The van der Waals surface area contributed by atoms with Crippen molar-refractivity contribution in [3.8, 4) is 28.5 Å². The summed E-state index contributed by atoms with van der Waals surface area (Å²) in [5.74, 6) is 1.37. The first-order valence-electron chi connectivity index (χ1n) is 8.33. The van der Waals surface area contributed by atoms with Crippen LogP contribution in [0.15, 0.2) is 63.5 Å². The van der Waals surface area contributed by atoms with Crippen LogP contribution in [0.1, 0.15) is 11.7 Å². The van der Waals surface area contributed by atoms with E-state index in [1.54, 1.807) is 19.1 Å². The summed E-state index contributed by atoms with van der Waals surface area (Å²) in [5, 5.41) is 23.0. The Kier molecular flexibility index (Phi) is 4.55. The van der Waals surface area contributed by atoms with Gasteiger partial charge in [0.2, 0.25) is 0 Å². The topological polar surface area (TPSA) is 117 Å². The third-order valence-corrected chi connectivity index (χ3v) is 3.98. The zero-order chi connectivity index (χ0) is 19.5. The van der Waals surface area contributed by atoms with Crippen molar-refractivity contribution in [1.29, 1.82) is 0 Å². The van der Waals surface area contributed by atoms with Gasteiger partial charge in [0.1, 0.15) is 22.8 Å². The number of aromatic nitrogens is 3. The zero-order valence-corrected chi connectivity index (χ0v) is 14.7. The van der Waals surface area contributed by atoms with Gasteiger partial charge in [-0.3, -0.25) is 10.1 Å². The van der Waals surface area contributed by atoms with Crippen LogP contribution in [-0.4, -0.2) is 20.3 Å². The number of rotatable bonds is 6. The summed E-state index contributed by atoms with van der Waals surface area (Å²) < 4.78 is 16.5. The quantitative estimate of drug-likeness (QED) is 0.362. The van der Waals surface area contributed by atoms with E-state index in [4.69, 9.17) is 13.7 Å². The lowest BCUT2D eigenvalue weighted by Gasteiger charge is -2.02. The molecule has 0 bridgehead atoms. The highest BCUT2D eigenvalue weighted by molar-refractivity contribution is 5.77. The molecule has 2 heterocycles. The first kappa shape index (κ1) is 17.4. The minimum atomic E-state index is -0.489. The number of hydrogen-bond acceptors (Lipinski definition) is 8. The average Bonchev–Trinajstić information content (AvgIpc) is 3.33. The average molecular weight is 378 g/mol. The molecule has 0 aliphatic carbocycles. The van der Waals surface area contributed by atoms with Crippen molar-refractivity contribution >= 4 is 5.69 Å². The molecule has 0 amide bonds. The van der Waals surface area contributed by atoms with Gasteiger partial charge in [-0.05, 0) is 13.0 Å². The summed E-state index contributed by atoms with van der Waals surface area (Å²) in [6.45, 7) is 1.73. The van der Waals surface area contributed by atoms with Gasteiger partial charge in [0, 0.05) is 11.6 Å². The van der Waals surface area contributed by atoms with Gasteiger partial charge in [0.05, 0.1) is 11.0 Å². The molecule has 9 heteroatoms. The third kappa shape index (κ3) is 3.45. The Morgan fingerprint density at radius 1 is 1.11 bits per heavy atom. The van der Waals surface area contributed by atoms with E-state index in [2.05, 4.69) is 15.4 Å². The van der Waals surface area contributed by atoms with Gasteiger partial charge in [-0.1, -0.05) is 41.6 Å². The Morgan fingerprint density at radius 3 is 2.71 bits per heavy atom. The molecule has 9 nitrogen and oxygen atoms in total.